The van der Waals surface area contributed by atoms with Gasteiger partial charge in [0.1, 0.15) is 16.2 Å². The molecule has 0 aliphatic heterocycles. The topological polar surface area (TPSA) is 80.9 Å². The summed E-state index contributed by atoms with van der Waals surface area (Å²) in [5, 5.41) is 3.17. The fourth-order valence-corrected chi connectivity index (χ4v) is 1.74. The van der Waals surface area contributed by atoms with Crippen molar-refractivity contribution in [1.29, 1.82) is 0 Å². The van der Waals surface area contributed by atoms with Crippen molar-refractivity contribution in [2.45, 2.75) is 26.2 Å². The molecule has 0 aliphatic carbocycles. The largest absolute Gasteiger partial charge is 0.370 e. The van der Waals surface area contributed by atoms with Crippen LogP contribution in [-0.4, -0.2) is 22.4 Å². The molecule has 0 atom stereocenters. The van der Waals surface area contributed by atoms with Crippen LogP contribution >= 0.6 is 15.9 Å². The number of amides is 1. The molecule has 0 unspecified atom stereocenters. The quantitative estimate of drug-likeness (QED) is 0.615. The van der Waals surface area contributed by atoms with Crippen LogP contribution in [0.2, 0.25) is 0 Å². The third-order valence-electron chi connectivity index (χ3n) is 1.96. The van der Waals surface area contributed by atoms with Gasteiger partial charge in [0, 0.05) is 19.0 Å². The lowest BCUT2D eigenvalue weighted by Gasteiger charge is -2.05. The van der Waals surface area contributed by atoms with Gasteiger partial charge in [-0.05, 0) is 35.7 Å². The number of nitrogens with zero attached hydrogens (tertiary/aromatic N) is 2. The van der Waals surface area contributed by atoms with Gasteiger partial charge in [-0.3, -0.25) is 4.79 Å². The minimum atomic E-state index is -0.249. The van der Waals surface area contributed by atoms with E-state index in [0.717, 1.165) is 29.8 Å². The summed E-state index contributed by atoms with van der Waals surface area (Å²) in [6.45, 7) is 2.61. The number of nitrogens with one attached hydrogen (secondary N) is 1. The van der Waals surface area contributed by atoms with Crippen molar-refractivity contribution in [1.82, 2.24) is 9.97 Å². The van der Waals surface area contributed by atoms with E-state index in [1.165, 1.54) is 0 Å². The van der Waals surface area contributed by atoms with E-state index in [2.05, 4.69) is 31.2 Å². The Hall–Kier alpha value is -1.17. The van der Waals surface area contributed by atoms with Crippen LogP contribution in [0.25, 0.3) is 0 Å². The van der Waals surface area contributed by atoms with Crippen LogP contribution in [-0.2, 0) is 4.79 Å². The summed E-state index contributed by atoms with van der Waals surface area (Å²) in [6, 6.07) is 1.82. The lowest BCUT2D eigenvalue weighted by molar-refractivity contribution is -0.118. The van der Waals surface area contributed by atoms with Gasteiger partial charge in [-0.25, -0.2) is 9.97 Å². The third-order valence-corrected chi connectivity index (χ3v) is 2.37. The van der Waals surface area contributed by atoms with Gasteiger partial charge < -0.3 is 11.1 Å². The zero-order valence-corrected chi connectivity index (χ0v) is 10.7. The number of unbranched alkanes of at least 4 members (excludes halogenated alkanes) is 1. The van der Waals surface area contributed by atoms with Crippen LogP contribution in [0.3, 0.4) is 0 Å². The Morgan fingerprint density at radius 3 is 2.88 bits per heavy atom. The Labute approximate surface area is 103 Å². The molecule has 0 aliphatic rings. The molecule has 1 amide bonds. The Morgan fingerprint density at radius 1 is 1.50 bits per heavy atom. The van der Waals surface area contributed by atoms with Crippen molar-refractivity contribution in [2.75, 3.05) is 11.9 Å². The zero-order chi connectivity index (χ0) is 12.0. The number of halogens is 1. The number of rotatable bonds is 6. The van der Waals surface area contributed by atoms with E-state index in [0.29, 0.717) is 12.2 Å². The average molecular weight is 287 g/mol. The van der Waals surface area contributed by atoms with E-state index in [1.807, 2.05) is 13.0 Å². The van der Waals surface area contributed by atoms with Gasteiger partial charge in [0.2, 0.25) is 5.91 Å². The van der Waals surface area contributed by atoms with Crippen molar-refractivity contribution in [3.8, 4) is 0 Å². The molecule has 16 heavy (non-hydrogen) atoms. The molecule has 0 bridgehead atoms. The smallest absolute Gasteiger partial charge is 0.217 e. The molecule has 0 fully saturated rings. The van der Waals surface area contributed by atoms with Crippen molar-refractivity contribution in [3.63, 3.8) is 0 Å². The van der Waals surface area contributed by atoms with E-state index >= 15 is 0 Å². The summed E-state index contributed by atoms with van der Waals surface area (Å²) in [5.41, 5.74) is 5.04. The molecule has 0 saturated heterocycles. The van der Waals surface area contributed by atoms with Crippen LogP contribution in [0.15, 0.2) is 10.7 Å². The number of aryl methyl sites for hydroxylation is 1. The fourth-order valence-electron chi connectivity index (χ4n) is 1.26. The number of nitrogens with two attached hydrogens (primary N) is 1. The number of carbonyl (C=O) groups is 1. The Kier molecular flexibility index (Phi) is 5.18. The molecular weight excluding hydrogens is 272 g/mol. The van der Waals surface area contributed by atoms with Crippen molar-refractivity contribution < 1.29 is 4.79 Å². The fraction of sp³-hybridized carbons (Fsp3) is 0.500. The molecular formula is C10H15BrN4O. The first-order chi connectivity index (χ1) is 7.58. The standard InChI is InChI=1S/C10H15BrN4O/c1-7-14-8(11)6-10(15-7)13-5-3-2-4-9(12)16/h6H,2-5H2,1H3,(H2,12,16)(H,13,14,15). The van der Waals surface area contributed by atoms with Crippen molar-refractivity contribution in [2.24, 2.45) is 5.73 Å². The van der Waals surface area contributed by atoms with Crippen molar-refractivity contribution in [3.05, 3.63) is 16.5 Å². The number of aromatic nitrogens is 2. The van der Waals surface area contributed by atoms with E-state index in [-0.39, 0.29) is 5.91 Å². The van der Waals surface area contributed by atoms with E-state index in [9.17, 15) is 4.79 Å². The second-order valence-electron chi connectivity index (χ2n) is 3.47. The zero-order valence-electron chi connectivity index (χ0n) is 9.16. The monoisotopic (exact) mass is 286 g/mol. The van der Waals surface area contributed by atoms with Gasteiger partial charge in [0.25, 0.3) is 0 Å². The molecule has 0 spiro atoms. The normalized spacial score (nSPS) is 10.1. The van der Waals surface area contributed by atoms with Crippen LogP contribution in [0.4, 0.5) is 5.82 Å². The predicted octanol–water partition coefficient (Wildman–Crippen LogP) is 1.62. The highest BCUT2D eigenvalue weighted by Gasteiger charge is 1.99. The van der Waals surface area contributed by atoms with Gasteiger partial charge >= 0.3 is 0 Å². The minimum absolute atomic E-state index is 0.249. The lowest BCUT2D eigenvalue weighted by Crippen LogP contribution is -2.11. The van der Waals surface area contributed by atoms with Gasteiger partial charge in [-0.1, -0.05) is 0 Å². The minimum Gasteiger partial charge on any atom is -0.370 e. The molecule has 1 heterocycles. The second kappa shape index (κ2) is 6.42. The van der Waals surface area contributed by atoms with Gasteiger partial charge in [0.15, 0.2) is 0 Å². The number of anilines is 1. The highest BCUT2D eigenvalue weighted by molar-refractivity contribution is 9.10. The predicted molar refractivity (Wildman–Crippen MR) is 66.0 cm³/mol. The maximum Gasteiger partial charge on any atom is 0.217 e. The summed E-state index contributed by atoms with van der Waals surface area (Å²) < 4.78 is 0.764. The van der Waals surface area contributed by atoms with E-state index < -0.39 is 0 Å². The highest BCUT2D eigenvalue weighted by Crippen LogP contribution is 2.11. The van der Waals surface area contributed by atoms with Gasteiger partial charge in [-0.15, -0.1) is 0 Å². The molecule has 3 N–H and O–H groups in total. The molecule has 88 valence electrons. The Morgan fingerprint density at radius 2 is 2.25 bits per heavy atom. The summed E-state index contributed by atoms with van der Waals surface area (Å²) in [5.74, 6) is 1.26. The molecule has 0 radical (unpaired) electrons. The number of carbonyl (C=O) groups excluding carboxylic acids is 1. The van der Waals surface area contributed by atoms with Crippen LogP contribution in [0, 0.1) is 6.92 Å². The molecule has 6 heteroatoms. The summed E-state index contributed by atoms with van der Waals surface area (Å²) in [7, 11) is 0. The SMILES string of the molecule is Cc1nc(Br)cc(NCCCCC(N)=O)n1. The second-order valence-corrected chi connectivity index (χ2v) is 4.29. The molecule has 1 aromatic heterocycles. The van der Waals surface area contributed by atoms with Crippen LogP contribution < -0.4 is 11.1 Å². The van der Waals surface area contributed by atoms with Crippen LogP contribution in [0.1, 0.15) is 25.1 Å². The average Bonchev–Trinajstić information content (AvgIpc) is 2.15. The maximum absolute atomic E-state index is 10.5. The lowest BCUT2D eigenvalue weighted by atomic mass is 10.2. The third kappa shape index (κ3) is 5.06. The summed E-state index contributed by atoms with van der Waals surface area (Å²) >= 11 is 3.30. The van der Waals surface area contributed by atoms with Crippen LogP contribution in [0.5, 0.6) is 0 Å². The summed E-state index contributed by atoms with van der Waals surface area (Å²) in [6.07, 6.45) is 2.13. The molecule has 5 nitrogen and oxygen atoms in total. The van der Waals surface area contributed by atoms with Gasteiger partial charge in [-0.2, -0.15) is 0 Å². The summed E-state index contributed by atoms with van der Waals surface area (Å²) in [4.78, 5) is 18.8. The van der Waals surface area contributed by atoms with E-state index in [1.54, 1.807) is 0 Å². The number of hydrogen-bond donors (Lipinski definition) is 2. The number of hydrogen-bond acceptors (Lipinski definition) is 4. The van der Waals surface area contributed by atoms with Crippen molar-refractivity contribution >= 4 is 27.7 Å². The first kappa shape index (κ1) is 12.9. The maximum atomic E-state index is 10.5. The van der Waals surface area contributed by atoms with Gasteiger partial charge in [0.05, 0.1) is 0 Å². The molecule has 0 aromatic carbocycles. The Balaban J connectivity index is 2.29. The molecule has 0 saturated carbocycles. The first-order valence-corrected chi connectivity index (χ1v) is 5.90. The Bertz CT molecular complexity index is 350. The molecule has 1 aromatic rings. The highest BCUT2D eigenvalue weighted by atomic mass is 79.9. The number of primary amides is 1. The molecule has 1 rings (SSSR count). The first-order valence-electron chi connectivity index (χ1n) is 5.11. The van der Waals surface area contributed by atoms with E-state index in [4.69, 9.17) is 5.73 Å².